The van der Waals surface area contributed by atoms with Crippen LogP contribution in [0, 0.1) is 5.92 Å². The van der Waals surface area contributed by atoms with Crippen molar-refractivity contribution in [2.45, 2.75) is 50.6 Å². The molecule has 3 unspecified atom stereocenters. The lowest BCUT2D eigenvalue weighted by atomic mass is 9.77. The third kappa shape index (κ3) is 2.92. The molecule has 0 aromatic carbocycles. The fourth-order valence-corrected chi connectivity index (χ4v) is 5.53. The first kappa shape index (κ1) is 14.1. The summed E-state index contributed by atoms with van der Waals surface area (Å²) in [6.45, 7) is 1.98. The molecular weight excluding hydrogens is 320 g/mol. The number of fused-ring (bicyclic) bond motifs is 1. The van der Waals surface area contributed by atoms with E-state index in [1.54, 1.807) is 0 Å². The smallest absolute Gasteiger partial charge is 0.0702 e. The first-order valence-corrected chi connectivity index (χ1v) is 9.11. The lowest BCUT2D eigenvalue weighted by Gasteiger charge is -2.47. The van der Waals surface area contributed by atoms with E-state index in [-0.39, 0.29) is 0 Å². The minimum atomic E-state index is 0.433. The second kappa shape index (κ2) is 6.25. The maximum atomic E-state index is 6.12. The lowest BCUT2D eigenvalue weighted by molar-refractivity contribution is 0.0287. The van der Waals surface area contributed by atoms with Crippen LogP contribution in [0.25, 0.3) is 0 Å². The van der Waals surface area contributed by atoms with Crippen LogP contribution in [0.1, 0.15) is 49.4 Å². The Balaban J connectivity index is 1.81. The zero-order chi connectivity index (χ0) is 13.2. The van der Waals surface area contributed by atoms with Crippen molar-refractivity contribution >= 4 is 27.3 Å². The van der Waals surface area contributed by atoms with Gasteiger partial charge in [0.1, 0.15) is 0 Å². The SMILES string of the molecule is NCC(c1ccc(Br)s1)N1CCCC2CCCCC21. The largest absolute Gasteiger partial charge is 0.329 e. The van der Waals surface area contributed by atoms with Crippen molar-refractivity contribution in [2.24, 2.45) is 11.7 Å². The molecule has 106 valence electrons. The van der Waals surface area contributed by atoms with E-state index in [1.807, 2.05) is 11.3 Å². The number of likely N-dealkylation sites (tertiary alicyclic amines) is 1. The van der Waals surface area contributed by atoms with E-state index in [4.69, 9.17) is 5.73 Å². The monoisotopic (exact) mass is 342 g/mol. The van der Waals surface area contributed by atoms with Gasteiger partial charge in [-0.25, -0.2) is 0 Å². The highest BCUT2D eigenvalue weighted by molar-refractivity contribution is 9.11. The van der Waals surface area contributed by atoms with Crippen molar-refractivity contribution < 1.29 is 0 Å². The molecule has 2 N–H and O–H groups in total. The predicted molar refractivity (Wildman–Crippen MR) is 85.5 cm³/mol. The van der Waals surface area contributed by atoms with E-state index >= 15 is 0 Å². The van der Waals surface area contributed by atoms with Crippen LogP contribution in [-0.2, 0) is 0 Å². The van der Waals surface area contributed by atoms with Crippen molar-refractivity contribution in [1.82, 2.24) is 4.90 Å². The molecule has 0 amide bonds. The first-order valence-electron chi connectivity index (χ1n) is 7.50. The van der Waals surface area contributed by atoms with Gasteiger partial charge in [-0.3, -0.25) is 4.90 Å². The molecule has 2 aliphatic rings. The summed E-state index contributed by atoms with van der Waals surface area (Å²) < 4.78 is 1.22. The number of thiophene rings is 1. The minimum absolute atomic E-state index is 0.433. The molecule has 3 atom stereocenters. The van der Waals surface area contributed by atoms with Gasteiger partial charge in [-0.1, -0.05) is 12.8 Å². The van der Waals surface area contributed by atoms with Crippen LogP contribution in [0.2, 0.25) is 0 Å². The van der Waals surface area contributed by atoms with E-state index in [0.29, 0.717) is 6.04 Å². The van der Waals surface area contributed by atoms with Gasteiger partial charge < -0.3 is 5.73 Å². The molecular formula is C15H23BrN2S. The van der Waals surface area contributed by atoms with Gasteiger partial charge in [0.05, 0.1) is 9.83 Å². The summed E-state index contributed by atoms with van der Waals surface area (Å²) in [5.41, 5.74) is 6.12. The summed E-state index contributed by atoms with van der Waals surface area (Å²) in [6, 6.07) is 5.63. The lowest BCUT2D eigenvalue weighted by Crippen LogP contribution is -2.49. The van der Waals surface area contributed by atoms with Crippen molar-refractivity contribution in [1.29, 1.82) is 0 Å². The third-order valence-corrected chi connectivity index (χ3v) is 6.56. The summed E-state index contributed by atoms with van der Waals surface area (Å²) in [4.78, 5) is 4.16. The van der Waals surface area contributed by atoms with Gasteiger partial charge in [-0.15, -0.1) is 11.3 Å². The Morgan fingerprint density at radius 2 is 2.05 bits per heavy atom. The maximum absolute atomic E-state index is 6.12. The van der Waals surface area contributed by atoms with E-state index in [9.17, 15) is 0 Å². The zero-order valence-electron chi connectivity index (χ0n) is 11.4. The van der Waals surface area contributed by atoms with Crippen molar-refractivity contribution in [3.05, 3.63) is 20.8 Å². The van der Waals surface area contributed by atoms with Gasteiger partial charge in [0.15, 0.2) is 0 Å². The van der Waals surface area contributed by atoms with E-state index in [2.05, 4.69) is 33.0 Å². The van der Waals surface area contributed by atoms with Gasteiger partial charge in [0.25, 0.3) is 0 Å². The number of piperidine rings is 1. The molecule has 3 rings (SSSR count). The molecule has 0 spiro atoms. The highest BCUT2D eigenvalue weighted by Gasteiger charge is 2.36. The molecule has 2 heterocycles. The first-order chi connectivity index (χ1) is 9.29. The molecule has 19 heavy (non-hydrogen) atoms. The average molecular weight is 343 g/mol. The van der Waals surface area contributed by atoms with Crippen LogP contribution < -0.4 is 5.73 Å². The Labute approximate surface area is 128 Å². The van der Waals surface area contributed by atoms with E-state index in [0.717, 1.165) is 18.5 Å². The van der Waals surface area contributed by atoms with Crippen molar-refractivity contribution in [2.75, 3.05) is 13.1 Å². The summed E-state index contributed by atoms with van der Waals surface area (Å²) in [5, 5.41) is 0. The fourth-order valence-electron chi connectivity index (χ4n) is 3.97. The number of rotatable bonds is 3. The molecule has 2 fully saturated rings. The van der Waals surface area contributed by atoms with Crippen LogP contribution in [0.3, 0.4) is 0 Å². The van der Waals surface area contributed by atoms with Gasteiger partial charge in [-0.05, 0) is 66.2 Å². The summed E-state index contributed by atoms with van der Waals surface area (Å²) >= 11 is 5.43. The van der Waals surface area contributed by atoms with Crippen LogP contribution in [0.5, 0.6) is 0 Å². The molecule has 1 saturated heterocycles. The summed E-state index contributed by atoms with van der Waals surface area (Å²) in [7, 11) is 0. The van der Waals surface area contributed by atoms with Crippen LogP contribution in [0.4, 0.5) is 0 Å². The highest BCUT2D eigenvalue weighted by atomic mass is 79.9. The van der Waals surface area contributed by atoms with Gasteiger partial charge >= 0.3 is 0 Å². The summed E-state index contributed by atoms with van der Waals surface area (Å²) in [6.07, 6.45) is 8.45. The maximum Gasteiger partial charge on any atom is 0.0702 e. The third-order valence-electron chi connectivity index (χ3n) is 4.83. The number of nitrogens with two attached hydrogens (primary N) is 1. The Hall–Kier alpha value is 0.1000. The highest BCUT2D eigenvalue weighted by Crippen LogP contribution is 2.40. The van der Waals surface area contributed by atoms with Crippen molar-refractivity contribution in [3.8, 4) is 0 Å². The van der Waals surface area contributed by atoms with Crippen LogP contribution >= 0.6 is 27.3 Å². The van der Waals surface area contributed by atoms with Gasteiger partial charge in [0.2, 0.25) is 0 Å². The van der Waals surface area contributed by atoms with Crippen molar-refractivity contribution in [3.63, 3.8) is 0 Å². The molecule has 1 aromatic heterocycles. The molecule has 1 aromatic rings. The molecule has 0 radical (unpaired) electrons. The molecule has 1 aliphatic heterocycles. The average Bonchev–Trinajstić information content (AvgIpc) is 2.86. The Morgan fingerprint density at radius 3 is 2.79 bits per heavy atom. The summed E-state index contributed by atoms with van der Waals surface area (Å²) in [5.74, 6) is 0.931. The van der Waals surface area contributed by atoms with Gasteiger partial charge in [-0.2, -0.15) is 0 Å². The zero-order valence-corrected chi connectivity index (χ0v) is 13.8. The minimum Gasteiger partial charge on any atom is -0.329 e. The number of hydrogen-bond donors (Lipinski definition) is 1. The fraction of sp³-hybridized carbons (Fsp3) is 0.733. The Morgan fingerprint density at radius 1 is 1.26 bits per heavy atom. The number of halogens is 1. The molecule has 1 saturated carbocycles. The Kier molecular flexibility index (Phi) is 4.62. The standard InChI is InChI=1S/C15H23BrN2S/c16-15-8-7-14(19-15)13(10-17)18-9-3-5-11-4-1-2-6-12(11)18/h7-8,11-13H,1-6,9-10,17H2. The van der Waals surface area contributed by atoms with Gasteiger partial charge in [0, 0.05) is 17.5 Å². The van der Waals surface area contributed by atoms with Crippen LogP contribution in [0.15, 0.2) is 15.9 Å². The predicted octanol–water partition coefficient (Wildman–Crippen LogP) is 4.17. The number of nitrogens with zero attached hydrogens (tertiary/aromatic N) is 1. The topological polar surface area (TPSA) is 29.3 Å². The molecule has 0 bridgehead atoms. The Bertz CT molecular complexity index is 418. The number of hydrogen-bond acceptors (Lipinski definition) is 3. The van der Waals surface area contributed by atoms with E-state index in [1.165, 1.54) is 53.7 Å². The molecule has 1 aliphatic carbocycles. The quantitative estimate of drug-likeness (QED) is 0.893. The van der Waals surface area contributed by atoms with Crippen LogP contribution in [-0.4, -0.2) is 24.0 Å². The molecule has 4 heteroatoms. The second-order valence-corrected chi connectivity index (χ2v) is 8.38. The molecule has 2 nitrogen and oxygen atoms in total. The normalized spacial score (nSPS) is 30.0. The van der Waals surface area contributed by atoms with E-state index < -0.39 is 0 Å². The second-order valence-electron chi connectivity index (χ2n) is 5.89.